The SMILES string of the molecule is CCNCc1cc(S(=O)(=O)N(C)C2CCOC2C)c(C)o1. The molecule has 0 amide bonds. The predicted octanol–water partition coefficient (Wildman–Crippen LogP) is 1.50. The molecule has 2 unspecified atom stereocenters. The van der Waals surface area contributed by atoms with E-state index in [-0.39, 0.29) is 17.0 Å². The van der Waals surface area contributed by atoms with E-state index in [9.17, 15) is 8.42 Å². The highest BCUT2D eigenvalue weighted by molar-refractivity contribution is 7.89. The summed E-state index contributed by atoms with van der Waals surface area (Å²) < 4.78 is 38.0. The van der Waals surface area contributed by atoms with Gasteiger partial charge in [0.25, 0.3) is 0 Å². The van der Waals surface area contributed by atoms with Crippen LogP contribution in [0, 0.1) is 6.92 Å². The number of ether oxygens (including phenoxy) is 1. The summed E-state index contributed by atoms with van der Waals surface area (Å²) in [5.41, 5.74) is 0. The van der Waals surface area contributed by atoms with Crippen LogP contribution in [0.15, 0.2) is 15.4 Å². The normalized spacial score (nSPS) is 23.1. The summed E-state index contributed by atoms with van der Waals surface area (Å²) in [5, 5.41) is 3.13. The first kappa shape index (κ1) is 16.5. The summed E-state index contributed by atoms with van der Waals surface area (Å²) in [4.78, 5) is 0.247. The molecule has 0 spiro atoms. The van der Waals surface area contributed by atoms with Crippen LogP contribution in [0.3, 0.4) is 0 Å². The number of sulfonamides is 1. The van der Waals surface area contributed by atoms with Crippen molar-refractivity contribution in [3.8, 4) is 0 Å². The van der Waals surface area contributed by atoms with E-state index >= 15 is 0 Å². The quantitative estimate of drug-likeness (QED) is 0.861. The van der Waals surface area contributed by atoms with Crippen molar-refractivity contribution in [1.29, 1.82) is 0 Å². The molecule has 1 saturated heterocycles. The molecule has 1 aromatic heterocycles. The Morgan fingerprint density at radius 3 is 2.76 bits per heavy atom. The van der Waals surface area contributed by atoms with Gasteiger partial charge in [-0.2, -0.15) is 4.31 Å². The lowest BCUT2D eigenvalue weighted by Crippen LogP contribution is -2.41. The van der Waals surface area contributed by atoms with Gasteiger partial charge in [-0.3, -0.25) is 0 Å². The second kappa shape index (κ2) is 6.48. The smallest absolute Gasteiger partial charge is 0.246 e. The van der Waals surface area contributed by atoms with Gasteiger partial charge in [-0.25, -0.2) is 8.42 Å². The number of rotatable bonds is 6. The first-order chi connectivity index (χ1) is 9.87. The number of hydrogen-bond donors (Lipinski definition) is 1. The van der Waals surface area contributed by atoms with Crippen molar-refractivity contribution in [1.82, 2.24) is 9.62 Å². The molecule has 21 heavy (non-hydrogen) atoms. The van der Waals surface area contributed by atoms with Crippen molar-refractivity contribution >= 4 is 10.0 Å². The minimum atomic E-state index is -3.56. The minimum Gasteiger partial charge on any atom is -0.464 e. The highest BCUT2D eigenvalue weighted by Gasteiger charge is 2.36. The molecule has 0 aliphatic carbocycles. The number of furan rings is 1. The third kappa shape index (κ3) is 3.31. The Balaban J connectivity index is 2.24. The molecule has 0 saturated carbocycles. The fourth-order valence-electron chi connectivity index (χ4n) is 2.65. The molecule has 2 rings (SSSR count). The van der Waals surface area contributed by atoms with E-state index in [1.807, 2.05) is 13.8 Å². The highest BCUT2D eigenvalue weighted by Crippen LogP contribution is 2.28. The molecule has 2 heterocycles. The topological polar surface area (TPSA) is 71.8 Å². The summed E-state index contributed by atoms with van der Waals surface area (Å²) in [6.07, 6.45) is 0.635. The summed E-state index contributed by atoms with van der Waals surface area (Å²) in [6.45, 7) is 7.51. The van der Waals surface area contributed by atoms with Crippen LogP contribution in [-0.2, 0) is 21.3 Å². The van der Waals surface area contributed by atoms with Gasteiger partial charge < -0.3 is 14.5 Å². The van der Waals surface area contributed by atoms with Gasteiger partial charge in [0.2, 0.25) is 10.0 Å². The lowest BCUT2D eigenvalue weighted by molar-refractivity contribution is 0.102. The highest BCUT2D eigenvalue weighted by atomic mass is 32.2. The molecular formula is C14H24N2O4S. The Morgan fingerprint density at radius 1 is 1.48 bits per heavy atom. The summed E-state index contributed by atoms with van der Waals surface area (Å²) >= 11 is 0. The van der Waals surface area contributed by atoms with E-state index in [2.05, 4.69) is 5.32 Å². The maximum Gasteiger partial charge on any atom is 0.246 e. The van der Waals surface area contributed by atoms with Gasteiger partial charge in [-0.15, -0.1) is 0 Å². The van der Waals surface area contributed by atoms with Crippen LogP contribution in [0.2, 0.25) is 0 Å². The standard InChI is InChI=1S/C14H24N2O4S/c1-5-15-9-12-8-14(11(3)20-12)21(17,18)16(4)13-6-7-19-10(13)2/h8,10,13,15H,5-7,9H2,1-4H3. The molecule has 2 atom stereocenters. The Kier molecular flexibility index (Phi) is 5.08. The second-order valence-electron chi connectivity index (χ2n) is 5.37. The number of aryl methyl sites for hydroxylation is 1. The van der Waals surface area contributed by atoms with Crippen molar-refractivity contribution in [3.63, 3.8) is 0 Å². The minimum absolute atomic E-state index is 0.0850. The number of nitrogens with one attached hydrogen (secondary N) is 1. The Morgan fingerprint density at radius 2 is 2.19 bits per heavy atom. The first-order valence-corrected chi connectivity index (χ1v) is 8.71. The van der Waals surface area contributed by atoms with Crippen LogP contribution in [-0.4, -0.2) is 45.1 Å². The van der Waals surface area contributed by atoms with Crippen LogP contribution < -0.4 is 5.32 Å². The van der Waals surface area contributed by atoms with Crippen LogP contribution >= 0.6 is 0 Å². The maximum atomic E-state index is 12.8. The molecule has 7 heteroatoms. The van der Waals surface area contributed by atoms with Gasteiger partial charge in [-0.1, -0.05) is 6.92 Å². The molecule has 6 nitrogen and oxygen atoms in total. The van der Waals surface area contributed by atoms with Crippen LogP contribution in [0.5, 0.6) is 0 Å². The van der Waals surface area contributed by atoms with Crippen LogP contribution in [0.25, 0.3) is 0 Å². The van der Waals surface area contributed by atoms with E-state index in [1.165, 1.54) is 4.31 Å². The van der Waals surface area contributed by atoms with Crippen molar-refractivity contribution < 1.29 is 17.6 Å². The van der Waals surface area contributed by atoms with Crippen molar-refractivity contribution in [2.45, 2.75) is 50.8 Å². The van der Waals surface area contributed by atoms with Gasteiger partial charge >= 0.3 is 0 Å². The van der Waals surface area contributed by atoms with E-state index in [1.54, 1.807) is 20.0 Å². The molecule has 120 valence electrons. The molecule has 0 radical (unpaired) electrons. The summed E-state index contributed by atoms with van der Waals surface area (Å²) in [7, 11) is -1.95. The zero-order valence-corrected chi connectivity index (χ0v) is 13.9. The third-order valence-electron chi connectivity index (χ3n) is 3.93. The number of hydrogen-bond acceptors (Lipinski definition) is 5. The molecule has 1 N–H and O–H groups in total. The van der Waals surface area contributed by atoms with Crippen molar-refractivity contribution in [2.75, 3.05) is 20.2 Å². The molecule has 1 aliphatic rings. The number of likely N-dealkylation sites (N-methyl/N-ethyl adjacent to an activating group) is 1. The zero-order chi connectivity index (χ0) is 15.6. The molecule has 1 aromatic rings. The molecular weight excluding hydrogens is 292 g/mol. The van der Waals surface area contributed by atoms with Gasteiger partial charge in [0, 0.05) is 19.7 Å². The summed E-state index contributed by atoms with van der Waals surface area (Å²) in [6, 6.07) is 1.49. The second-order valence-corrected chi connectivity index (χ2v) is 7.33. The van der Waals surface area contributed by atoms with Gasteiger partial charge in [0.1, 0.15) is 16.4 Å². The van der Waals surface area contributed by atoms with Crippen molar-refractivity contribution in [3.05, 3.63) is 17.6 Å². The summed E-state index contributed by atoms with van der Waals surface area (Å²) in [5.74, 6) is 1.07. The zero-order valence-electron chi connectivity index (χ0n) is 13.0. The Bertz CT molecular complexity index is 582. The van der Waals surface area contributed by atoms with Crippen LogP contribution in [0.1, 0.15) is 31.8 Å². The Labute approximate surface area is 126 Å². The van der Waals surface area contributed by atoms with Gasteiger partial charge in [0.05, 0.1) is 18.7 Å². The molecule has 0 bridgehead atoms. The van der Waals surface area contributed by atoms with E-state index in [4.69, 9.17) is 9.15 Å². The lowest BCUT2D eigenvalue weighted by Gasteiger charge is -2.25. The van der Waals surface area contributed by atoms with Gasteiger partial charge in [0.15, 0.2) is 0 Å². The average Bonchev–Trinajstić information content (AvgIpc) is 3.01. The fraction of sp³-hybridized carbons (Fsp3) is 0.714. The first-order valence-electron chi connectivity index (χ1n) is 7.27. The largest absolute Gasteiger partial charge is 0.464 e. The van der Waals surface area contributed by atoms with E-state index < -0.39 is 10.0 Å². The van der Waals surface area contributed by atoms with Crippen molar-refractivity contribution in [2.24, 2.45) is 0 Å². The fourth-order valence-corrected chi connectivity index (χ4v) is 4.28. The maximum absolute atomic E-state index is 12.8. The average molecular weight is 316 g/mol. The third-order valence-corrected chi connectivity index (χ3v) is 5.92. The van der Waals surface area contributed by atoms with Gasteiger partial charge in [-0.05, 0) is 26.8 Å². The molecule has 0 aromatic carbocycles. The monoisotopic (exact) mass is 316 g/mol. The predicted molar refractivity (Wildman–Crippen MR) is 79.6 cm³/mol. The molecule has 1 fully saturated rings. The Hall–Kier alpha value is -0.890. The van der Waals surface area contributed by atoms with E-state index in [0.717, 1.165) is 13.0 Å². The van der Waals surface area contributed by atoms with E-state index in [0.29, 0.717) is 24.7 Å². The lowest BCUT2D eigenvalue weighted by atomic mass is 10.2. The van der Waals surface area contributed by atoms with Crippen LogP contribution in [0.4, 0.5) is 0 Å². The molecule has 1 aliphatic heterocycles. The number of nitrogens with zero attached hydrogens (tertiary/aromatic N) is 1.